The van der Waals surface area contributed by atoms with Gasteiger partial charge in [0.15, 0.2) is 0 Å². The molecule has 1 amide bonds. The average Bonchev–Trinajstić information content (AvgIpc) is 3.43. The summed E-state index contributed by atoms with van der Waals surface area (Å²) in [6, 6.07) is -0.634. The van der Waals surface area contributed by atoms with Crippen LogP contribution < -0.4 is 5.32 Å². The van der Waals surface area contributed by atoms with Gasteiger partial charge in [-0.15, -0.1) is 0 Å². The van der Waals surface area contributed by atoms with Crippen molar-refractivity contribution in [3.63, 3.8) is 0 Å². The Hall–Kier alpha value is -1.66. The average molecular weight is 1080 g/mol. The van der Waals surface area contributed by atoms with E-state index in [9.17, 15) is 19.8 Å². The Bertz CT molecular complexity index is 1200. The molecule has 0 aliphatic rings. The van der Waals surface area contributed by atoms with E-state index < -0.39 is 12.1 Å². The van der Waals surface area contributed by atoms with Crippen molar-refractivity contribution >= 4 is 11.9 Å². The number of hydrogen-bond donors (Lipinski definition) is 3. The zero-order valence-corrected chi connectivity index (χ0v) is 52.2. The normalized spacial score (nSPS) is 12.6. The Morgan fingerprint density at radius 3 is 0.922 bits per heavy atom. The number of unbranched alkanes of at least 4 members (excludes halogenated alkanes) is 53. The van der Waals surface area contributed by atoms with E-state index in [2.05, 4.69) is 31.3 Å². The van der Waals surface area contributed by atoms with Crippen molar-refractivity contribution in [3.05, 3.63) is 24.3 Å². The Labute approximate surface area is 481 Å². The predicted molar refractivity (Wildman–Crippen MR) is 338 cm³/mol. The number of ether oxygens (including phenoxy) is 1. The van der Waals surface area contributed by atoms with Crippen molar-refractivity contribution in [1.29, 1.82) is 0 Å². The van der Waals surface area contributed by atoms with Crippen LogP contribution in [0, 0.1) is 0 Å². The van der Waals surface area contributed by atoms with E-state index in [-0.39, 0.29) is 18.5 Å². The van der Waals surface area contributed by atoms with Gasteiger partial charge in [-0.25, -0.2) is 0 Å². The minimum Gasteiger partial charge on any atom is -0.466 e. The Balaban J connectivity index is 3.44. The van der Waals surface area contributed by atoms with E-state index in [1.54, 1.807) is 6.08 Å². The first kappa shape index (κ1) is 75.3. The first-order valence-corrected chi connectivity index (χ1v) is 35.1. The van der Waals surface area contributed by atoms with E-state index >= 15 is 0 Å². The van der Waals surface area contributed by atoms with Crippen molar-refractivity contribution < 1.29 is 24.5 Å². The van der Waals surface area contributed by atoms with Gasteiger partial charge in [0.25, 0.3) is 0 Å². The minimum absolute atomic E-state index is 0.0125. The van der Waals surface area contributed by atoms with Gasteiger partial charge in [-0.05, 0) is 57.8 Å². The van der Waals surface area contributed by atoms with Gasteiger partial charge in [0, 0.05) is 12.8 Å². The highest BCUT2D eigenvalue weighted by atomic mass is 16.5. The van der Waals surface area contributed by atoms with Crippen molar-refractivity contribution in [2.75, 3.05) is 13.2 Å². The van der Waals surface area contributed by atoms with E-state index in [4.69, 9.17) is 4.74 Å². The number of hydrogen-bond acceptors (Lipinski definition) is 5. The molecule has 0 heterocycles. The third-order valence-electron chi connectivity index (χ3n) is 16.5. The summed E-state index contributed by atoms with van der Waals surface area (Å²) in [5.74, 6) is -0.0581. The summed E-state index contributed by atoms with van der Waals surface area (Å²) in [6.07, 6.45) is 83.9. The van der Waals surface area contributed by atoms with Gasteiger partial charge in [-0.1, -0.05) is 346 Å². The highest BCUT2D eigenvalue weighted by Gasteiger charge is 2.18. The zero-order chi connectivity index (χ0) is 55.7. The molecule has 0 bridgehead atoms. The molecule has 77 heavy (non-hydrogen) atoms. The quantitative estimate of drug-likeness (QED) is 0.0320. The lowest BCUT2D eigenvalue weighted by Crippen LogP contribution is -2.45. The topological polar surface area (TPSA) is 95.9 Å². The molecule has 456 valence electrons. The number of carbonyl (C=O) groups excluding carboxylic acids is 2. The first-order chi connectivity index (χ1) is 38.0. The molecule has 3 N–H and O–H groups in total. The fraction of sp³-hybridized carbons (Fsp3) is 0.915. The molecule has 0 fully saturated rings. The fourth-order valence-corrected chi connectivity index (χ4v) is 11.1. The number of allylic oxidation sites excluding steroid dienone is 3. The van der Waals surface area contributed by atoms with Crippen LogP contribution in [0.2, 0.25) is 0 Å². The third-order valence-corrected chi connectivity index (χ3v) is 16.5. The molecule has 6 nitrogen and oxygen atoms in total. The SMILES string of the molecule is CCCCCCCCCCCCCCCCCCCCCCCC/C=C/C(O)C(CO)NC(=O)CCCCCCCCC/C=C\CCCCCCCCCCCCCOC(=O)CCCCCCCCCCCCCCCC. The molecule has 0 rings (SSSR count). The molecule has 0 aromatic carbocycles. The molecule has 2 atom stereocenters. The summed E-state index contributed by atoms with van der Waals surface area (Å²) < 4.78 is 5.49. The summed E-state index contributed by atoms with van der Waals surface area (Å²) in [6.45, 7) is 4.94. The zero-order valence-electron chi connectivity index (χ0n) is 52.2. The van der Waals surface area contributed by atoms with Crippen LogP contribution in [0.4, 0.5) is 0 Å². The lowest BCUT2D eigenvalue weighted by atomic mass is 10.0. The highest BCUT2D eigenvalue weighted by molar-refractivity contribution is 5.76. The molecule has 0 aromatic rings. The third kappa shape index (κ3) is 63.4. The molecule has 6 heteroatoms. The maximum atomic E-state index is 12.5. The molecular weight excluding hydrogens is 947 g/mol. The lowest BCUT2D eigenvalue weighted by molar-refractivity contribution is -0.143. The number of carbonyl (C=O) groups is 2. The van der Waals surface area contributed by atoms with Gasteiger partial charge < -0.3 is 20.3 Å². The van der Waals surface area contributed by atoms with Crippen LogP contribution in [0.15, 0.2) is 24.3 Å². The number of aliphatic hydroxyl groups excluding tert-OH is 2. The Kier molecular flexibility index (Phi) is 65.4. The second kappa shape index (κ2) is 66.8. The van der Waals surface area contributed by atoms with E-state index in [0.29, 0.717) is 19.4 Å². The van der Waals surface area contributed by atoms with Crippen molar-refractivity contribution in [1.82, 2.24) is 5.32 Å². The van der Waals surface area contributed by atoms with Crippen molar-refractivity contribution in [2.24, 2.45) is 0 Å². The number of esters is 1. The summed E-state index contributed by atoms with van der Waals surface area (Å²) in [4.78, 5) is 24.6. The molecule has 2 unspecified atom stereocenters. The van der Waals surface area contributed by atoms with Gasteiger partial charge in [0.1, 0.15) is 0 Å². The van der Waals surface area contributed by atoms with Crippen LogP contribution in [0.25, 0.3) is 0 Å². The molecular formula is C71H137NO5. The summed E-state index contributed by atoms with van der Waals surface area (Å²) in [5.41, 5.74) is 0. The lowest BCUT2D eigenvalue weighted by Gasteiger charge is -2.20. The van der Waals surface area contributed by atoms with Crippen LogP contribution in [0.5, 0.6) is 0 Å². The monoisotopic (exact) mass is 1080 g/mol. The highest BCUT2D eigenvalue weighted by Crippen LogP contribution is 2.19. The van der Waals surface area contributed by atoms with Gasteiger partial charge in [0.2, 0.25) is 5.91 Å². The van der Waals surface area contributed by atoms with Crippen LogP contribution in [0.3, 0.4) is 0 Å². The molecule has 0 aliphatic heterocycles. The minimum atomic E-state index is -0.850. The van der Waals surface area contributed by atoms with E-state index in [1.807, 2.05) is 6.08 Å². The standard InChI is InChI=1S/C71H137NO5/c1-3-5-7-9-11-13-15-17-19-20-21-22-23-24-27-30-33-36-39-43-47-51-55-59-63-69(74)68(67-73)72-70(75)64-60-56-52-48-44-40-37-34-31-28-25-26-29-32-35-38-42-46-50-54-58-62-66-77-71(76)65-61-57-53-49-45-41-18-16-14-12-10-8-6-4-2/h28,31,59,63,68-69,73-74H,3-27,29-30,32-58,60-62,64-67H2,1-2H3,(H,72,75)/b31-28-,63-59+. The van der Waals surface area contributed by atoms with Gasteiger partial charge in [-0.3, -0.25) is 9.59 Å². The largest absolute Gasteiger partial charge is 0.466 e. The summed E-state index contributed by atoms with van der Waals surface area (Å²) in [7, 11) is 0. The summed E-state index contributed by atoms with van der Waals surface area (Å²) in [5, 5.41) is 23.3. The maximum Gasteiger partial charge on any atom is 0.305 e. The van der Waals surface area contributed by atoms with Gasteiger partial charge in [0.05, 0.1) is 25.4 Å². The number of rotatable bonds is 66. The molecule has 0 spiro atoms. The summed E-state index contributed by atoms with van der Waals surface area (Å²) >= 11 is 0. The maximum absolute atomic E-state index is 12.5. The van der Waals surface area contributed by atoms with Gasteiger partial charge >= 0.3 is 5.97 Å². The van der Waals surface area contributed by atoms with Gasteiger partial charge in [-0.2, -0.15) is 0 Å². The Morgan fingerprint density at radius 1 is 0.351 bits per heavy atom. The molecule has 0 aromatic heterocycles. The first-order valence-electron chi connectivity index (χ1n) is 35.1. The predicted octanol–water partition coefficient (Wildman–Crippen LogP) is 22.5. The molecule has 0 saturated carbocycles. The van der Waals surface area contributed by atoms with Crippen LogP contribution >= 0.6 is 0 Å². The second-order valence-electron chi connectivity index (χ2n) is 24.2. The van der Waals surface area contributed by atoms with Crippen molar-refractivity contribution in [3.8, 4) is 0 Å². The van der Waals surface area contributed by atoms with Crippen LogP contribution in [-0.4, -0.2) is 47.4 Å². The molecule has 0 radical (unpaired) electrons. The van der Waals surface area contributed by atoms with E-state index in [0.717, 1.165) is 44.9 Å². The molecule has 0 aliphatic carbocycles. The fourth-order valence-electron chi connectivity index (χ4n) is 11.1. The number of nitrogens with one attached hydrogen (secondary N) is 1. The number of amides is 1. The second-order valence-corrected chi connectivity index (χ2v) is 24.2. The Morgan fingerprint density at radius 2 is 0.610 bits per heavy atom. The molecule has 0 saturated heterocycles. The van der Waals surface area contributed by atoms with E-state index in [1.165, 1.54) is 321 Å². The number of aliphatic hydroxyl groups is 2. The smallest absolute Gasteiger partial charge is 0.305 e. The van der Waals surface area contributed by atoms with Crippen LogP contribution in [0.1, 0.15) is 393 Å². The van der Waals surface area contributed by atoms with Crippen LogP contribution in [-0.2, 0) is 14.3 Å². The van der Waals surface area contributed by atoms with Crippen molar-refractivity contribution in [2.45, 2.75) is 405 Å².